The van der Waals surface area contributed by atoms with Crippen LogP contribution in [-0.4, -0.2) is 18.1 Å². The van der Waals surface area contributed by atoms with E-state index >= 15 is 0 Å². The molecule has 256 valence electrons. The summed E-state index contributed by atoms with van der Waals surface area (Å²) in [5.74, 6) is 1.02. The van der Waals surface area contributed by atoms with Crippen LogP contribution < -0.4 is 5.32 Å². The maximum Gasteiger partial charge on any atom is 0.0978 e. The van der Waals surface area contributed by atoms with E-state index in [4.69, 9.17) is 0 Å². The molecule has 1 aliphatic rings. The smallest absolute Gasteiger partial charge is 0.0978 e. The van der Waals surface area contributed by atoms with Crippen LogP contribution in [0, 0.1) is 5.92 Å². The lowest BCUT2D eigenvalue weighted by Crippen LogP contribution is -2.32. The van der Waals surface area contributed by atoms with E-state index in [1.54, 1.807) is 0 Å². The van der Waals surface area contributed by atoms with Crippen molar-refractivity contribution in [3.05, 3.63) is 12.4 Å². The molecule has 0 fully saturated rings. The van der Waals surface area contributed by atoms with Crippen molar-refractivity contribution in [2.45, 2.75) is 238 Å². The minimum Gasteiger partial charge on any atom is -0.370 e. The molecule has 43 heavy (non-hydrogen) atoms. The molecule has 0 aliphatic carbocycles. The van der Waals surface area contributed by atoms with Crippen LogP contribution in [-0.2, 0) is 0 Å². The summed E-state index contributed by atoms with van der Waals surface area (Å²) >= 11 is 0. The fraction of sp³-hybridized carbons (Fsp3) is 0.951. The van der Waals surface area contributed by atoms with Gasteiger partial charge >= 0.3 is 0 Å². The van der Waals surface area contributed by atoms with Crippen LogP contribution in [0.4, 0.5) is 0 Å². The molecule has 0 amide bonds. The van der Waals surface area contributed by atoms with Crippen LogP contribution in [0.1, 0.15) is 232 Å². The molecular formula is C41H82N2. The third-order valence-corrected chi connectivity index (χ3v) is 10.4. The maximum absolute atomic E-state index is 3.46. The molecule has 0 bridgehead atoms. The molecule has 1 rings (SSSR count). The highest BCUT2D eigenvalue weighted by Crippen LogP contribution is 2.25. The van der Waals surface area contributed by atoms with Gasteiger partial charge in [0.05, 0.1) is 6.17 Å². The van der Waals surface area contributed by atoms with Crippen molar-refractivity contribution in [2.75, 3.05) is 7.05 Å². The first-order valence-corrected chi connectivity index (χ1v) is 20.4. The molecule has 1 heterocycles. The van der Waals surface area contributed by atoms with E-state index in [1.165, 1.54) is 218 Å². The summed E-state index contributed by atoms with van der Waals surface area (Å²) in [6.07, 6.45) is 54.6. The Morgan fingerprint density at radius 2 is 0.744 bits per heavy atom. The molecule has 2 nitrogen and oxygen atoms in total. The Bertz CT molecular complexity index is 558. The summed E-state index contributed by atoms with van der Waals surface area (Å²) in [7, 11) is 2.19. The van der Waals surface area contributed by atoms with E-state index in [-0.39, 0.29) is 0 Å². The molecule has 2 unspecified atom stereocenters. The molecule has 2 heteroatoms. The highest BCUT2D eigenvalue weighted by atomic mass is 15.3. The Balaban J connectivity index is 2.03. The van der Waals surface area contributed by atoms with Crippen molar-refractivity contribution in [3.63, 3.8) is 0 Å². The Labute approximate surface area is 273 Å². The van der Waals surface area contributed by atoms with Gasteiger partial charge in [-0.15, -0.1) is 0 Å². The summed E-state index contributed by atoms with van der Waals surface area (Å²) < 4.78 is 0. The summed E-state index contributed by atoms with van der Waals surface area (Å²) in [5.41, 5.74) is 0. The van der Waals surface area contributed by atoms with E-state index in [2.05, 4.69) is 43.5 Å². The van der Waals surface area contributed by atoms with Gasteiger partial charge in [0, 0.05) is 19.4 Å². The van der Waals surface area contributed by atoms with Gasteiger partial charge in [-0.3, -0.25) is 0 Å². The number of nitrogens with one attached hydrogen (secondary N) is 1. The van der Waals surface area contributed by atoms with Gasteiger partial charge in [0.2, 0.25) is 0 Å². The van der Waals surface area contributed by atoms with E-state index in [1.807, 2.05) is 0 Å². The second-order valence-electron chi connectivity index (χ2n) is 14.6. The van der Waals surface area contributed by atoms with E-state index in [0.717, 1.165) is 5.92 Å². The zero-order chi connectivity index (χ0) is 30.9. The second kappa shape index (κ2) is 32.7. The Kier molecular flexibility index (Phi) is 30.7. The zero-order valence-corrected chi connectivity index (χ0v) is 30.3. The summed E-state index contributed by atoms with van der Waals surface area (Å²) in [6, 6.07) is 0. The van der Waals surface area contributed by atoms with Crippen molar-refractivity contribution >= 4 is 0 Å². The molecule has 0 radical (unpaired) electrons. The van der Waals surface area contributed by atoms with Gasteiger partial charge in [-0.2, -0.15) is 0 Å². The van der Waals surface area contributed by atoms with Gasteiger partial charge in [0.1, 0.15) is 0 Å². The van der Waals surface area contributed by atoms with Crippen LogP contribution in [0.15, 0.2) is 12.4 Å². The molecule has 2 atom stereocenters. The van der Waals surface area contributed by atoms with Crippen molar-refractivity contribution in [2.24, 2.45) is 5.92 Å². The number of nitrogens with zero attached hydrogens (tertiary/aromatic N) is 1. The molecular weight excluding hydrogens is 520 g/mol. The van der Waals surface area contributed by atoms with Crippen LogP contribution in [0.25, 0.3) is 0 Å². The molecule has 0 saturated heterocycles. The molecule has 0 saturated carbocycles. The highest BCUT2D eigenvalue weighted by Gasteiger charge is 2.13. The van der Waals surface area contributed by atoms with Gasteiger partial charge in [0.15, 0.2) is 0 Å². The quantitative estimate of drug-likeness (QED) is 0.0726. The van der Waals surface area contributed by atoms with Gasteiger partial charge in [0.25, 0.3) is 0 Å². The van der Waals surface area contributed by atoms with Crippen molar-refractivity contribution in [3.8, 4) is 0 Å². The molecule has 0 spiro atoms. The van der Waals surface area contributed by atoms with Gasteiger partial charge in [-0.1, -0.05) is 219 Å². The topological polar surface area (TPSA) is 15.3 Å². The molecule has 0 aromatic carbocycles. The lowest BCUT2D eigenvalue weighted by Gasteiger charge is -2.20. The van der Waals surface area contributed by atoms with Crippen LogP contribution in [0.3, 0.4) is 0 Å². The SMILES string of the molecule is CCCCCCCCCCCCCCCCCCC(CCCCCCCCCC)CCCCCCCCC1NC=CN1C. The average molecular weight is 603 g/mol. The normalized spacial score (nSPS) is 15.4. The summed E-state index contributed by atoms with van der Waals surface area (Å²) in [4.78, 5) is 2.31. The first-order valence-electron chi connectivity index (χ1n) is 20.4. The maximum atomic E-state index is 3.46. The monoisotopic (exact) mass is 603 g/mol. The van der Waals surface area contributed by atoms with Crippen LogP contribution >= 0.6 is 0 Å². The fourth-order valence-electron chi connectivity index (χ4n) is 7.24. The Morgan fingerprint density at radius 3 is 1.05 bits per heavy atom. The lowest BCUT2D eigenvalue weighted by atomic mass is 9.89. The highest BCUT2D eigenvalue weighted by molar-refractivity contribution is 4.91. The average Bonchev–Trinajstić information content (AvgIpc) is 3.43. The summed E-state index contributed by atoms with van der Waals surface area (Å²) in [5, 5.41) is 3.46. The molecule has 1 N–H and O–H groups in total. The minimum absolute atomic E-state index is 0.543. The Morgan fingerprint density at radius 1 is 0.442 bits per heavy atom. The van der Waals surface area contributed by atoms with E-state index < -0.39 is 0 Å². The number of hydrogen-bond donors (Lipinski definition) is 1. The lowest BCUT2D eigenvalue weighted by molar-refractivity contribution is 0.303. The van der Waals surface area contributed by atoms with E-state index in [0.29, 0.717) is 6.17 Å². The standard InChI is InChI=1S/C41H82N2/c1-4-6-8-10-12-14-15-16-17-18-19-20-21-23-27-31-35-40(34-30-26-22-13-11-9-7-5-2)36-32-28-24-25-29-33-37-41-42-38-39-43(41)3/h38-42H,4-37H2,1-3H3. The molecule has 0 aromatic heterocycles. The summed E-state index contributed by atoms with van der Waals surface area (Å²) in [6.45, 7) is 4.64. The number of rotatable bonds is 35. The van der Waals surface area contributed by atoms with Crippen molar-refractivity contribution < 1.29 is 0 Å². The first kappa shape index (κ1) is 40.4. The third kappa shape index (κ3) is 27.4. The number of unbranched alkanes of at least 4 members (excludes halogenated alkanes) is 27. The molecule has 0 aromatic rings. The van der Waals surface area contributed by atoms with Crippen LogP contribution in [0.2, 0.25) is 0 Å². The molecule has 1 aliphatic heterocycles. The van der Waals surface area contributed by atoms with Gasteiger partial charge in [-0.05, 0) is 18.8 Å². The third-order valence-electron chi connectivity index (χ3n) is 10.4. The Hall–Kier alpha value is -0.660. The zero-order valence-electron chi connectivity index (χ0n) is 30.3. The van der Waals surface area contributed by atoms with Crippen LogP contribution in [0.5, 0.6) is 0 Å². The first-order chi connectivity index (χ1) is 21.3. The van der Waals surface area contributed by atoms with Gasteiger partial charge in [-0.25, -0.2) is 0 Å². The minimum atomic E-state index is 0.543. The second-order valence-corrected chi connectivity index (χ2v) is 14.6. The van der Waals surface area contributed by atoms with E-state index in [9.17, 15) is 0 Å². The van der Waals surface area contributed by atoms with Gasteiger partial charge < -0.3 is 10.2 Å². The number of hydrogen-bond acceptors (Lipinski definition) is 2. The predicted octanol–water partition coefficient (Wildman–Crippen LogP) is 14.2. The fourth-order valence-corrected chi connectivity index (χ4v) is 7.24. The largest absolute Gasteiger partial charge is 0.370 e. The van der Waals surface area contributed by atoms with Crippen molar-refractivity contribution in [1.82, 2.24) is 10.2 Å². The predicted molar refractivity (Wildman–Crippen MR) is 196 cm³/mol. The van der Waals surface area contributed by atoms with Crippen molar-refractivity contribution in [1.29, 1.82) is 0 Å².